The van der Waals surface area contributed by atoms with Crippen molar-refractivity contribution >= 4 is 39.1 Å². The molecule has 1 N–H and O–H groups in total. The minimum Gasteiger partial charge on any atom is -0.350 e. The van der Waals surface area contributed by atoms with Crippen molar-refractivity contribution in [1.82, 2.24) is 10.2 Å². The van der Waals surface area contributed by atoms with Gasteiger partial charge in [-0.25, -0.2) is 12.8 Å². The first-order chi connectivity index (χ1) is 22.5. The zero-order valence-electron chi connectivity index (χ0n) is 26.3. The molecule has 0 saturated heterocycles. The van der Waals surface area contributed by atoms with Crippen LogP contribution in [0, 0.1) is 5.82 Å². The molecule has 4 aromatic carbocycles. The number of halogens is 5. The molecule has 0 spiro atoms. The van der Waals surface area contributed by atoms with Gasteiger partial charge >= 0.3 is 6.18 Å². The van der Waals surface area contributed by atoms with Crippen LogP contribution in [0.3, 0.4) is 0 Å². The van der Waals surface area contributed by atoms with Crippen LogP contribution in [0.2, 0.25) is 5.02 Å². The van der Waals surface area contributed by atoms with Gasteiger partial charge in [0.1, 0.15) is 18.4 Å². The van der Waals surface area contributed by atoms with E-state index < -0.39 is 69.8 Å². The number of hydrogen-bond acceptors (Lipinski definition) is 4. The Morgan fingerprint density at radius 2 is 1.44 bits per heavy atom. The monoisotopic (exact) mass is 703 g/mol. The summed E-state index contributed by atoms with van der Waals surface area (Å²) in [5, 5.41) is 2.47. The second kappa shape index (κ2) is 14.8. The minimum absolute atomic E-state index is 0.0297. The fraction of sp³-hybridized carbons (Fsp3) is 0.257. The molecule has 0 unspecified atom stereocenters. The van der Waals surface area contributed by atoms with Crippen molar-refractivity contribution in [3.63, 3.8) is 0 Å². The van der Waals surface area contributed by atoms with E-state index in [1.807, 2.05) is 0 Å². The van der Waals surface area contributed by atoms with Crippen LogP contribution in [0.4, 0.5) is 23.2 Å². The van der Waals surface area contributed by atoms with Gasteiger partial charge in [-0.3, -0.25) is 13.9 Å². The number of alkyl halides is 3. The predicted molar refractivity (Wildman–Crippen MR) is 176 cm³/mol. The Bertz CT molecular complexity index is 1850. The Kier molecular flexibility index (Phi) is 11.2. The Morgan fingerprint density at radius 3 is 2.02 bits per heavy atom. The Morgan fingerprint density at radius 1 is 0.854 bits per heavy atom. The van der Waals surface area contributed by atoms with E-state index in [9.17, 15) is 31.2 Å². The summed E-state index contributed by atoms with van der Waals surface area (Å²) >= 11 is 6.33. The van der Waals surface area contributed by atoms with Gasteiger partial charge in [-0.15, -0.1) is 0 Å². The Balaban J connectivity index is 1.89. The lowest BCUT2D eigenvalue weighted by Gasteiger charge is -2.35. The number of amides is 2. The zero-order valence-corrected chi connectivity index (χ0v) is 27.9. The number of nitrogens with one attached hydrogen (secondary N) is 1. The molecule has 0 saturated carbocycles. The van der Waals surface area contributed by atoms with Crippen LogP contribution in [-0.2, 0) is 38.8 Å². The number of nitrogens with zero attached hydrogens (tertiary/aromatic N) is 2. The summed E-state index contributed by atoms with van der Waals surface area (Å²) in [5.74, 6) is -2.28. The fourth-order valence-electron chi connectivity index (χ4n) is 4.93. The lowest BCUT2D eigenvalue weighted by Crippen LogP contribution is -2.56. The van der Waals surface area contributed by atoms with Crippen molar-refractivity contribution in [1.29, 1.82) is 0 Å². The smallest absolute Gasteiger partial charge is 0.350 e. The summed E-state index contributed by atoms with van der Waals surface area (Å²) in [6.07, 6.45) is -4.91. The van der Waals surface area contributed by atoms with Gasteiger partial charge in [0.15, 0.2) is 0 Å². The van der Waals surface area contributed by atoms with E-state index in [0.717, 1.165) is 11.0 Å². The summed E-state index contributed by atoms with van der Waals surface area (Å²) in [5.41, 5.74) is -1.88. The van der Waals surface area contributed by atoms with Crippen LogP contribution in [0.25, 0.3) is 0 Å². The van der Waals surface area contributed by atoms with Crippen molar-refractivity contribution in [3.05, 3.63) is 131 Å². The molecule has 0 bridgehead atoms. The number of carbonyl (C=O) groups excluding carboxylic acids is 2. The summed E-state index contributed by atoms with van der Waals surface area (Å²) in [6.45, 7) is 3.67. The van der Waals surface area contributed by atoms with E-state index in [1.165, 1.54) is 48.5 Å². The van der Waals surface area contributed by atoms with Crippen molar-refractivity contribution in [2.45, 2.75) is 56.4 Å². The molecule has 0 heterocycles. The molecule has 1 atom stereocenters. The molecular weight excluding hydrogens is 670 g/mol. The van der Waals surface area contributed by atoms with E-state index in [1.54, 1.807) is 57.2 Å². The average molecular weight is 704 g/mol. The van der Waals surface area contributed by atoms with Crippen LogP contribution < -0.4 is 9.62 Å². The SMILES string of the molecule is CC(C)(C)NC(=O)[C@H](Cc1ccccc1)N(Cc1ccccc1F)C(=O)CN(c1cc(C(F)(F)F)ccc1Cl)S(=O)(=O)c1ccccc1. The third kappa shape index (κ3) is 9.13. The fourth-order valence-corrected chi connectivity index (χ4v) is 6.65. The normalized spacial score (nSPS) is 12.7. The second-order valence-corrected chi connectivity index (χ2v) is 14.3. The lowest BCUT2D eigenvalue weighted by atomic mass is 10.0. The molecule has 0 aliphatic heterocycles. The van der Waals surface area contributed by atoms with E-state index in [4.69, 9.17) is 11.6 Å². The summed E-state index contributed by atoms with van der Waals surface area (Å²) < 4.78 is 85.2. The third-order valence-electron chi connectivity index (χ3n) is 7.22. The summed E-state index contributed by atoms with van der Waals surface area (Å²) in [4.78, 5) is 29.1. The van der Waals surface area contributed by atoms with E-state index in [-0.39, 0.29) is 21.9 Å². The number of hydrogen-bond donors (Lipinski definition) is 1. The molecule has 48 heavy (non-hydrogen) atoms. The molecular formula is C35H34ClF4N3O4S. The van der Waals surface area contributed by atoms with Crippen molar-refractivity contribution in [2.75, 3.05) is 10.8 Å². The van der Waals surface area contributed by atoms with Crippen molar-refractivity contribution in [2.24, 2.45) is 0 Å². The maximum Gasteiger partial charge on any atom is 0.416 e. The van der Waals surface area contributed by atoms with Crippen LogP contribution in [0.15, 0.2) is 108 Å². The molecule has 0 aliphatic rings. The number of carbonyl (C=O) groups is 2. The molecule has 0 fully saturated rings. The van der Waals surface area contributed by atoms with Gasteiger partial charge in [0, 0.05) is 24.1 Å². The lowest BCUT2D eigenvalue weighted by molar-refractivity contribution is -0.140. The van der Waals surface area contributed by atoms with Gasteiger partial charge in [-0.05, 0) is 62.7 Å². The molecule has 254 valence electrons. The molecule has 4 rings (SSSR count). The number of anilines is 1. The van der Waals surface area contributed by atoms with Gasteiger partial charge in [0.25, 0.3) is 10.0 Å². The molecule has 0 aliphatic carbocycles. The highest BCUT2D eigenvalue weighted by molar-refractivity contribution is 7.92. The van der Waals surface area contributed by atoms with Gasteiger partial charge in [0.05, 0.1) is 21.2 Å². The Hall–Kier alpha value is -4.42. The average Bonchev–Trinajstić information content (AvgIpc) is 3.02. The van der Waals surface area contributed by atoms with Crippen molar-refractivity contribution in [3.8, 4) is 0 Å². The zero-order chi connectivity index (χ0) is 35.3. The maximum absolute atomic E-state index is 15.1. The summed E-state index contributed by atoms with van der Waals surface area (Å²) in [6, 6.07) is 21.9. The van der Waals surface area contributed by atoms with E-state index in [0.29, 0.717) is 22.0 Å². The van der Waals surface area contributed by atoms with Crippen LogP contribution in [0.5, 0.6) is 0 Å². The predicted octanol–water partition coefficient (Wildman–Crippen LogP) is 7.25. The molecule has 4 aromatic rings. The number of sulfonamides is 1. The first-order valence-corrected chi connectivity index (χ1v) is 16.6. The van der Waals surface area contributed by atoms with Gasteiger partial charge < -0.3 is 10.2 Å². The molecule has 0 aromatic heterocycles. The topological polar surface area (TPSA) is 86.8 Å². The first-order valence-electron chi connectivity index (χ1n) is 14.8. The maximum atomic E-state index is 15.1. The molecule has 7 nitrogen and oxygen atoms in total. The highest BCUT2D eigenvalue weighted by Gasteiger charge is 2.38. The standard InChI is InChI=1S/C35H34ClF4N3O4S/c1-34(2,3)41-33(45)31(20-24-12-6-4-7-13-24)42(22-25-14-10-11-17-29(25)37)32(44)23-43(48(46,47)27-15-8-5-9-16-27)30-21-26(35(38,39)40)18-19-28(30)36/h4-19,21,31H,20,22-23H2,1-3H3,(H,41,45)/t31-/m0/s1. The van der Waals surface area contributed by atoms with Crippen LogP contribution >= 0.6 is 11.6 Å². The molecule has 2 amide bonds. The van der Waals surface area contributed by atoms with E-state index >= 15 is 4.39 Å². The Labute approximate surface area is 282 Å². The summed E-state index contributed by atoms with van der Waals surface area (Å²) in [7, 11) is -4.72. The highest BCUT2D eigenvalue weighted by Crippen LogP contribution is 2.37. The highest BCUT2D eigenvalue weighted by atomic mass is 35.5. The van der Waals surface area contributed by atoms with Crippen molar-refractivity contribution < 1.29 is 35.6 Å². The van der Waals surface area contributed by atoms with Crippen LogP contribution in [-0.4, -0.2) is 43.3 Å². The van der Waals surface area contributed by atoms with Gasteiger partial charge in [-0.1, -0.05) is 78.3 Å². The van der Waals surface area contributed by atoms with Crippen LogP contribution in [0.1, 0.15) is 37.5 Å². The van der Waals surface area contributed by atoms with Gasteiger partial charge in [0.2, 0.25) is 11.8 Å². The molecule has 13 heteroatoms. The minimum atomic E-state index is -4.87. The second-order valence-electron chi connectivity index (χ2n) is 12.0. The quantitative estimate of drug-likeness (QED) is 0.167. The largest absolute Gasteiger partial charge is 0.416 e. The van der Waals surface area contributed by atoms with E-state index in [2.05, 4.69) is 5.32 Å². The third-order valence-corrected chi connectivity index (χ3v) is 9.31. The van der Waals surface area contributed by atoms with Gasteiger partial charge in [-0.2, -0.15) is 13.2 Å². The molecule has 0 radical (unpaired) electrons. The first kappa shape index (κ1) is 36.4. The number of benzene rings is 4. The number of rotatable bonds is 11.